The van der Waals surface area contributed by atoms with Gasteiger partial charge < -0.3 is 11.1 Å². The molecule has 3 nitrogen and oxygen atoms in total. The van der Waals surface area contributed by atoms with Crippen LogP contribution in [-0.2, 0) is 0 Å². The van der Waals surface area contributed by atoms with E-state index < -0.39 is 6.03 Å². The Morgan fingerprint density at radius 2 is 2.50 bits per heavy atom. The maximum atomic E-state index is 9.95. The SMILES string of the molecule is C/C=C/CNC(N)=O. The molecule has 0 atom stereocenters. The number of carbonyl (C=O) groups is 1. The molecule has 0 aromatic heterocycles. The summed E-state index contributed by atoms with van der Waals surface area (Å²) < 4.78 is 0. The molecule has 3 N–H and O–H groups in total. The summed E-state index contributed by atoms with van der Waals surface area (Å²) in [7, 11) is 0. The van der Waals surface area contributed by atoms with Crippen LogP contribution in [0, 0.1) is 0 Å². The summed E-state index contributed by atoms with van der Waals surface area (Å²) in [6.07, 6.45) is 3.65. The zero-order valence-corrected chi connectivity index (χ0v) is 4.85. The highest BCUT2D eigenvalue weighted by molar-refractivity contribution is 5.71. The molecule has 0 rings (SSSR count). The highest BCUT2D eigenvalue weighted by Crippen LogP contribution is 1.64. The molecule has 0 unspecified atom stereocenters. The third kappa shape index (κ3) is 5.01. The molecule has 2 amide bonds. The molecule has 8 heavy (non-hydrogen) atoms. The summed E-state index contributed by atoms with van der Waals surface area (Å²) in [4.78, 5) is 9.95. The molecule has 0 spiro atoms. The molecule has 0 fully saturated rings. The Labute approximate surface area is 48.6 Å². The van der Waals surface area contributed by atoms with Gasteiger partial charge in [0.25, 0.3) is 0 Å². The van der Waals surface area contributed by atoms with Crippen LogP contribution < -0.4 is 11.1 Å². The number of hydrogen-bond donors (Lipinski definition) is 2. The van der Waals surface area contributed by atoms with E-state index in [2.05, 4.69) is 5.32 Å². The van der Waals surface area contributed by atoms with Crippen molar-refractivity contribution in [3.8, 4) is 0 Å². The van der Waals surface area contributed by atoms with Crippen molar-refractivity contribution >= 4 is 6.03 Å². The first-order chi connectivity index (χ1) is 3.77. The Morgan fingerprint density at radius 3 is 2.88 bits per heavy atom. The third-order valence-corrected chi connectivity index (χ3v) is 0.630. The first-order valence-corrected chi connectivity index (χ1v) is 2.42. The van der Waals surface area contributed by atoms with E-state index in [1.807, 2.05) is 19.1 Å². The molecule has 0 aromatic carbocycles. The van der Waals surface area contributed by atoms with Gasteiger partial charge in [-0.05, 0) is 6.92 Å². The summed E-state index contributed by atoms with van der Waals surface area (Å²) >= 11 is 0. The summed E-state index contributed by atoms with van der Waals surface area (Å²) in [5, 5.41) is 2.40. The van der Waals surface area contributed by atoms with E-state index in [0.717, 1.165) is 0 Å². The predicted octanol–water partition coefficient (Wildman–Crippen LogP) is 0.231. The molecule has 3 heteroatoms. The van der Waals surface area contributed by atoms with Crippen LogP contribution >= 0.6 is 0 Å². The lowest BCUT2D eigenvalue weighted by Crippen LogP contribution is -2.29. The Hall–Kier alpha value is -0.990. The van der Waals surface area contributed by atoms with Crippen LogP contribution in [0.4, 0.5) is 4.79 Å². The normalized spacial score (nSPS) is 9.62. The first-order valence-electron chi connectivity index (χ1n) is 2.42. The number of rotatable bonds is 2. The average molecular weight is 114 g/mol. The van der Waals surface area contributed by atoms with Crippen molar-refractivity contribution in [2.45, 2.75) is 6.92 Å². The molecule has 0 aromatic rings. The zero-order valence-electron chi connectivity index (χ0n) is 4.85. The van der Waals surface area contributed by atoms with Crippen molar-refractivity contribution in [1.29, 1.82) is 0 Å². The highest BCUT2D eigenvalue weighted by Gasteiger charge is 1.82. The Kier molecular flexibility index (Phi) is 3.66. The van der Waals surface area contributed by atoms with Crippen molar-refractivity contribution < 1.29 is 4.79 Å². The second-order valence-electron chi connectivity index (χ2n) is 1.31. The zero-order chi connectivity index (χ0) is 6.41. The topological polar surface area (TPSA) is 55.1 Å². The lowest BCUT2D eigenvalue weighted by atomic mass is 10.5. The molecule has 0 aliphatic carbocycles. The average Bonchev–Trinajstić information content (AvgIpc) is 1.66. The van der Waals surface area contributed by atoms with Crippen LogP contribution in [0.15, 0.2) is 12.2 Å². The fourth-order valence-corrected chi connectivity index (χ4v) is 0.277. The number of urea groups is 1. The summed E-state index contributed by atoms with van der Waals surface area (Å²) in [6, 6.07) is -0.483. The third-order valence-electron chi connectivity index (χ3n) is 0.630. The van der Waals surface area contributed by atoms with Gasteiger partial charge in [0.1, 0.15) is 0 Å². The van der Waals surface area contributed by atoms with Crippen LogP contribution in [0.3, 0.4) is 0 Å². The van der Waals surface area contributed by atoms with Crippen LogP contribution in [0.25, 0.3) is 0 Å². The van der Waals surface area contributed by atoms with Gasteiger partial charge in [0.2, 0.25) is 0 Å². The van der Waals surface area contributed by atoms with Gasteiger partial charge in [-0.2, -0.15) is 0 Å². The molecule has 0 saturated carbocycles. The Bertz CT molecular complexity index is 98.6. The number of hydrogen-bond acceptors (Lipinski definition) is 1. The van der Waals surface area contributed by atoms with Crippen molar-refractivity contribution in [1.82, 2.24) is 5.32 Å². The van der Waals surface area contributed by atoms with Crippen LogP contribution in [0.2, 0.25) is 0 Å². The molecular weight excluding hydrogens is 104 g/mol. The van der Waals surface area contributed by atoms with Gasteiger partial charge in [-0.15, -0.1) is 0 Å². The predicted molar refractivity (Wildman–Crippen MR) is 32.4 cm³/mol. The quantitative estimate of drug-likeness (QED) is 0.496. The van der Waals surface area contributed by atoms with Crippen molar-refractivity contribution in [3.05, 3.63) is 12.2 Å². The van der Waals surface area contributed by atoms with Crippen LogP contribution in [0.1, 0.15) is 6.92 Å². The Morgan fingerprint density at radius 1 is 1.88 bits per heavy atom. The monoisotopic (exact) mass is 114 g/mol. The molecule has 0 aliphatic rings. The Balaban J connectivity index is 3.05. The van der Waals surface area contributed by atoms with E-state index in [0.29, 0.717) is 6.54 Å². The summed E-state index contributed by atoms with van der Waals surface area (Å²) in [6.45, 7) is 2.40. The smallest absolute Gasteiger partial charge is 0.312 e. The van der Waals surface area contributed by atoms with E-state index in [-0.39, 0.29) is 0 Å². The van der Waals surface area contributed by atoms with Gasteiger partial charge in [0, 0.05) is 6.54 Å². The van der Waals surface area contributed by atoms with Gasteiger partial charge >= 0.3 is 6.03 Å². The summed E-state index contributed by atoms with van der Waals surface area (Å²) in [5.41, 5.74) is 4.75. The fraction of sp³-hybridized carbons (Fsp3) is 0.400. The van der Waals surface area contributed by atoms with Gasteiger partial charge in [-0.3, -0.25) is 0 Å². The van der Waals surface area contributed by atoms with Gasteiger partial charge in [0.05, 0.1) is 0 Å². The van der Waals surface area contributed by atoms with Gasteiger partial charge in [-0.25, -0.2) is 4.79 Å². The van der Waals surface area contributed by atoms with E-state index in [1.165, 1.54) is 0 Å². The minimum absolute atomic E-state index is 0.483. The maximum absolute atomic E-state index is 9.95. The molecule has 0 heterocycles. The minimum Gasteiger partial charge on any atom is -0.352 e. The fourth-order valence-electron chi connectivity index (χ4n) is 0.277. The van der Waals surface area contributed by atoms with Crippen LogP contribution in [-0.4, -0.2) is 12.6 Å². The highest BCUT2D eigenvalue weighted by atomic mass is 16.2. The van der Waals surface area contributed by atoms with Gasteiger partial charge in [-0.1, -0.05) is 12.2 Å². The summed E-state index contributed by atoms with van der Waals surface area (Å²) in [5.74, 6) is 0. The number of nitrogens with one attached hydrogen (secondary N) is 1. The number of amides is 2. The lowest BCUT2D eigenvalue weighted by Gasteiger charge is -1.91. The largest absolute Gasteiger partial charge is 0.352 e. The number of carbonyl (C=O) groups excluding carboxylic acids is 1. The molecule has 0 saturated heterocycles. The van der Waals surface area contributed by atoms with E-state index in [1.54, 1.807) is 0 Å². The number of primary amides is 1. The maximum Gasteiger partial charge on any atom is 0.312 e. The van der Waals surface area contributed by atoms with Crippen molar-refractivity contribution in [3.63, 3.8) is 0 Å². The van der Waals surface area contributed by atoms with E-state index in [4.69, 9.17) is 5.73 Å². The second-order valence-corrected chi connectivity index (χ2v) is 1.31. The van der Waals surface area contributed by atoms with Crippen molar-refractivity contribution in [2.75, 3.05) is 6.54 Å². The molecular formula is C5H10N2O. The molecule has 46 valence electrons. The van der Waals surface area contributed by atoms with Crippen LogP contribution in [0.5, 0.6) is 0 Å². The number of allylic oxidation sites excluding steroid dienone is 1. The first kappa shape index (κ1) is 7.01. The lowest BCUT2D eigenvalue weighted by molar-refractivity contribution is 0.250. The second kappa shape index (κ2) is 4.18. The molecule has 0 bridgehead atoms. The standard InChI is InChI=1S/C5H10N2O/c1-2-3-4-7-5(6)8/h2-3H,4H2,1H3,(H3,6,7,8)/b3-2+. The van der Waals surface area contributed by atoms with Crippen molar-refractivity contribution in [2.24, 2.45) is 5.73 Å². The minimum atomic E-state index is -0.483. The van der Waals surface area contributed by atoms with E-state index in [9.17, 15) is 4.79 Å². The molecule has 0 radical (unpaired) electrons. The molecule has 0 aliphatic heterocycles. The van der Waals surface area contributed by atoms with E-state index >= 15 is 0 Å². The number of nitrogens with two attached hydrogens (primary N) is 1. The van der Waals surface area contributed by atoms with Gasteiger partial charge in [0.15, 0.2) is 0 Å².